The highest BCUT2D eigenvalue weighted by molar-refractivity contribution is 6.05. The zero-order chi connectivity index (χ0) is 23.9. The predicted molar refractivity (Wildman–Crippen MR) is 132 cm³/mol. The lowest BCUT2D eigenvalue weighted by molar-refractivity contribution is 0.0474. The van der Waals surface area contributed by atoms with Gasteiger partial charge in [-0.2, -0.15) is 0 Å². The fourth-order valence-corrected chi connectivity index (χ4v) is 3.41. The van der Waals surface area contributed by atoms with Crippen LogP contribution in [0.4, 0.5) is 5.69 Å². The van der Waals surface area contributed by atoms with Crippen LogP contribution in [0.3, 0.4) is 0 Å². The number of hydrogen-bond donors (Lipinski definition) is 1. The number of nitrogens with one attached hydrogen (secondary N) is 1. The molecular weight excluding hydrogens is 426 g/mol. The van der Waals surface area contributed by atoms with Crippen LogP contribution in [0.15, 0.2) is 103 Å². The first kappa shape index (κ1) is 22.7. The molecule has 4 aromatic rings. The summed E-state index contributed by atoms with van der Waals surface area (Å²) in [7, 11) is 0. The third-order valence-corrected chi connectivity index (χ3v) is 5.32. The van der Waals surface area contributed by atoms with E-state index in [1.165, 1.54) is 6.07 Å². The molecular formula is C29H23NO4. The number of rotatable bonds is 7. The lowest BCUT2D eigenvalue weighted by Crippen LogP contribution is -2.15. The monoisotopic (exact) mass is 449 g/mol. The maximum absolute atomic E-state index is 12.5. The normalized spacial score (nSPS) is 10.4. The van der Waals surface area contributed by atoms with Crippen LogP contribution in [0.5, 0.6) is 0 Å². The summed E-state index contributed by atoms with van der Waals surface area (Å²) < 4.78 is 5.22. The number of carbonyl (C=O) groups is 3. The van der Waals surface area contributed by atoms with E-state index in [1.807, 2.05) is 61.5 Å². The molecule has 0 fully saturated rings. The summed E-state index contributed by atoms with van der Waals surface area (Å²) in [6, 6.07) is 30.6. The highest BCUT2D eigenvalue weighted by atomic mass is 16.5. The Labute approximate surface area is 198 Å². The van der Waals surface area contributed by atoms with E-state index in [1.54, 1.807) is 42.5 Å². The highest BCUT2D eigenvalue weighted by Crippen LogP contribution is 2.20. The van der Waals surface area contributed by atoms with Gasteiger partial charge in [0.1, 0.15) is 0 Å². The topological polar surface area (TPSA) is 72.5 Å². The van der Waals surface area contributed by atoms with Gasteiger partial charge in [0.05, 0.1) is 5.56 Å². The van der Waals surface area contributed by atoms with Crippen molar-refractivity contribution in [3.63, 3.8) is 0 Å². The summed E-state index contributed by atoms with van der Waals surface area (Å²) in [4.78, 5) is 37.4. The van der Waals surface area contributed by atoms with Crippen molar-refractivity contribution in [3.05, 3.63) is 125 Å². The van der Waals surface area contributed by atoms with E-state index >= 15 is 0 Å². The van der Waals surface area contributed by atoms with Crippen molar-refractivity contribution in [1.82, 2.24) is 0 Å². The minimum absolute atomic E-state index is 0.244. The fraction of sp³-hybridized carbons (Fsp3) is 0.0690. The minimum Gasteiger partial charge on any atom is -0.454 e. The van der Waals surface area contributed by atoms with Gasteiger partial charge in [-0.15, -0.1) is 0 Å². The van der Waals surface area contributed by atoms with Gasteiger partial charge in [-0.1, -0.05) is 78.4 Å². The number of aryl methyl sites for hydroxylation is 1. The molecule has 0 atom stereocenters. The molecule has 4 rings (SSSR count). The second-order valence-electron chi connectivity index (χ2n) is 7.84. The number of ketones is 1. The van der Waals surface area contributed by atoms with Gasteiger partial charge in [-0.05, 0) is 48.4 Å². The molecule has 0 spiro atoms. The number of carbonyl (C=O) groups excluding carboxylic acids is 3. The Hall–Kier alpha value is -4.51. The molecule has 0 aliphatic heterocycles. The van der Waals surface area contributed by atoms with Crippen molar-refractivity contribution in [2.75, 3.05) is 11.9 Å². The smallest absolute Gasteiger partial charge is 0.338 e. The molecule has 0 saturated carbocycles. The van der Waals surface area contributed by atoms with Gasteiger partial charge < -0.3 is 10.1 Å². The van der Waals surface area contributed by atoms with Crippen molar-refractivity contribution in [1.29, 1.82) is 0 Å². The fourth-order valence-electron chi connectivity index (χ4n) is 3.41. The second kappa shape index (κ2) is 10.4. The molecule has 0 heterocycles. The summed E-state index contributed by atoms with van der Waals surface area (Å²) in [5.41, 5.74) is 4.80. The molecule has 1 amide bonds. The number of benzene rings is 4. The molecule has 0 aliphatic carbocycles. The van der Waals surface area contributed by atoms with Gasteiger partial charge in [-0.25, -0.2) is 4.79 Å². The molecule has 4 aromatic carbocycles. The molecule has 1 N–H and O–H groups in total. The molecule has 0 aliphatic rings. The first-order valence-corrected chi connectivity index (χ1v) is 10.8. The Morgan fingerprint density at radius 1 is 0.676 bits per heavy atom. The van der Waals surface area contributed by atoms with Crippen LogP contribution < -0.4 is 5.32 Å². The maximum atomic E-state index is 12.5. The zero-order valence-electron chi connectivity index (χ0n) is 18.7. The predicted octanol–water partition coefficient (Wildman–Crippen LogP) is 5.95. The van der Waals surface area contributed by atoms with Crippen molar-refractivity contribution < 1.29 is 19.1 Å². The molecule has 0 unspecified atom stereocenters. The number of hydrogen-bond acceptors (Lipinski definition) is 4. The summed E-state index contributed by atoms with van der Waals surface area (Å²) >= 11 is 0. The van der Waals surface area contributed by atoms with Gasteiger partial charge in [0.25, 0.3) is 5.91 Å². The Kier molecular flexibility index (Phi) is 6.94. The third-order valence-electron chi connectivity index (χ3n) is 5.32. The van der Waals surface area contributed by atoms with Crippen molar-refractivity contribution in [3.8, 4) is 11.1 Å². The average Bonchev–Trinajstić information content (AvgIpc) is 2.88. The second-order valence-corrected chi connectivity index (χ2v) is 7.84. The Morgan fingerprint density at radius 2 is 1.32 bits per heavy atom. The molecule has 0 aromatic heterocycles. The summed E-state index contributed by atoms with van der Waals surface area (Å²) in [5.74, 6) is -1.21. The van der Waals surface area contributed by atoms with Crippen LogP contribution in [0, 0.1) is 6.92 Å². The van der Waals surface area contributed by atoms with Crippen LogP contribution in [-0.2, 0) is 4.74 Å². The van der Waals surface area contributed by atoms with E-state index in [4.69, 9.17) is 4.74 Å². The van der Waals surface area contributed by atoms with E-state index in [-0.39, 0.29) is 23.9 Å². The van der Waals surface area contributed by atoms with Crippen molar-refractivity contribution in [2.45, 2.75) is 6.92 Å². The van der Waals surface area contributed by atoms with E-state index in [9.17, 15) is 14.4 Å². The van der Waals surface area contributed by atoms with Crippen LogP contribution >= 0.6 is 0 Å². The molecule has 0 saturated heterocycles. The summed E-state index contributed by atoms with van der Waals surface area (Å²) in [6.45, 7) is 1.57. The van der Waals surface area contributed by atoms with Gasteiger partial charge >= 0.3 is 5.97 Å². The molecule has 5 nitrogen and oxygen atoms in total. The van der Waals surface area contributed by atoms with E-state index in [0.29, 0.717) is 16.8 Å². The standard InChI is InChI=1S/C29H23NO4/c1-20-10-12-24(13-11-20)28(32)30-26-9-5-8-25(18-26)29(33)34-19-27(31)23-16-14-22(15-17-23)21-6-3-2-4-7-21/h2-18H,19H2,1H3,(H,30,32). The van der Waals surface area contributed by atoms with Gasteiger partial charge in [0.2, 0.25) is 0 Å². The first-order valence-electron chi connectivity index (χ1n) is 10.8. The Balaban J connectivity index is 1.35. The number of anilines is 1. The summed E-state index contributed by atoms with van der Waals surface area (Å²) in [6.07, 6.45) is 0. The summed E-state index contributed by atoms with van der Waals surface area (Å²) in [5, 5.41) is 2.77. The lowest BCUT2D eigenvalue weighted by atomic mass is 10.0. The lowest BCUT2D eigenvalue weighted by Gasteiger charge is -2.09. The van der Waals surface area contributed by atoms with Crippen LogP contribution in [-0.4, -0.2) is 24.3 Å². The van der Waals surface area contributed by atoms with Crippen LogP contribution in [0.1, 0.15) is 36.6 Å². The Bertz CT molecular complexity index is 1310. The first-order chi connectivity index (χ1) is 16.5. The van der Waals surface area contributed by atoms with Gasteiger partial charge in [-0.3, -0.25) is 9.59 Å². The molecule has 0 bridgehead atoms. The largest absolute Gasteiger partial charge is 0.454 e. The van der Waals surface area contributed by atoms with Gasteiger partial charge in [0, 0.05) is 16.8 Å². The van der Waals surface area contributed by atoms with E-state index in [0.717, 1.165) is 16.7 Å². The Morgan fingerprint density at radius 3 is 2.03 bits per heavy atom. The van der Waals surface area contributed by atoms with Crippen LogP contribution in [0.25, 0.3) is 11.1 Å². The number of amides is 1. The SMILES string of the molecule is Cc1ccc(C(=O)Nc2cccc(C(=O)OCC(=O)c3ccc(-c4ccccc4)cc3)c2)cc1. The minimum atomic E-state index is -0.638. The number of esters is 1. The quantitative estimate of drug-likeness (QED) is 0.279. The van der Waals surface area contributed by atoms with Crippen molar-refractivity contribution in [2.24, 2.45) is 0 Å². The van der Waals surface area contributed by atoms with E-state index < -0.39 is 5.97 Å². The number of ether oxygens (including phenoxy) is 1. The van der Waals surface area contributed by atoms with Crippen LogP contribution in [0.2, 0.25) is 0 Å². The molecule has 34 heavy (non-hydrogen) atoms. The average molecular weight is 450 g/mol. The highest BCUT2D eigenvalue weighted by Gasteiger charge is 2.14. The third kappa shape index (κ3) is 5.64. The van der Waals surface area contributed by atoms with E-state index in [2.05, 4.69) is 5.32 Å². The number of Topliss-reactive ketones (excluding diaryl/α,β-unsaturated/α-hetero) is 1. The maximum Gasteiger partial charge on any atom is 0.338 e. The molecule has 5 heteroatoms. The molecule has 168 valence electrons. The molecule has 0 radical (unpaired) electrons. The van der Waals surface area contributed by atoms with Crippen molar-refractivity contribution >= 4 is 23.3 Å². The zero-order valence-corrected chi connectivity index (χ0v) is 18.7. The van der Waals surface area contributed by atoms with Gasteiger partial charge in [0.15, 0.2) is 12.4 Å².